The summed E-state index contributed by atoms with van der Waals surface area (Å²) in [4.78, 5) is 6.72. The van der Waals surface area contributed by atoms with E-state index in [-0.39, 0.29) is 17.9 Å². The molecule has 1 saturated carbocycles. The fraction of sp³-hybridized carbons (Fsp3) is 0.360. The van der Waals surface area contributed by atoms with Crippen LogP contribution in [0.2, 0.25) is 0 Å². The fourth-order valence-electron chi connectivity index (χ4n) is 4.96. The third kappa shape index (κ3) is 3.85. The molecule has 2 aliphatic rings. The molecule has 31 heavy (non-hydrogen) atoms. The average molecular weight is 435 g/mol. The van der Waals surface area contributed by atoms with Gasteiger partial charge in [0.05, 0.1) is 17.8 Å². The molecule has 6 heteroatoms. The normalized spacial score (nSPS) is 22.0. The van der Waals surface area contributed by atoms with Gasteiger partial charge in [0.15, 0.2) is 5.11 Å². The van der Waals surface area contributed by atoms with Crippen molar-refractivity contribution in [3.05, 3.63) is 83.7 Å². The molecule has 2 aromatic heterocycles. The van der Waals surface area contributed by atoms with Crippen LogP contribution in [-0.4, -0.2) is 14.7 Å². The third-order valence-electron chi connectivity index (χ3n) is 6.59. The Hall–Kier alpha value is -2.73. The highest BCUT2D eigenvalue weighted by Gasteiger charge is 2.41. The Balaban J connectivity index is 1.56. The molecule has 3 aromatic rings. The monoisotopic (exact) mass is 434 g/mol. The van der Waals surface area contributed by atoms with E-state index in [4.69, 9.17) is 12.2 Å². The van der Waals surface area contributed by atoms with Crippen molar-refractivity contribution < 1.29 is 4.39 Å². The molecule has 1 aromatic carbocycles. The Morgan fingerprint density at radius 1 is 1.10 bits per heavy atom. The minimum atomic E-state index is -0.205. The van der Waals surface area contributed by atoms with E-state index in [2.05, 4.69) is 38.2 Å². The van der Waals surface area contributed by atoms with Gasteiger partial charge in [0.1, 0.15) is 5.82 Å². The molecular formula is C25H27FN4S. The Labute approximate surface area is 188 Å². The second kappa shape index (κ2) is 8.42. The predicted octanol–water partition coefficient (Wildman–Crippen LogP) is 6.01. The predicted molar refractivity (Wildman–Crippen MR) is 126 cm³/mol. The zero-order valence-electron chi connectivity index (χ0n) is 17.7. The molecule has 1 aliphatic carbocycles. The molecular weight excluding hydrogens is 407 g/mol. The summed E-state index contributed by atoms with van der Waals surface area (Å²) in [6.45, 7) is 1.79. The maximum Gasteiger partial charge on any atom is 0.174 e. The highest BCUT2D eigenvalue weighted by atomic mass is 32.1. The Kier molecular flexibility index (Phi) is 5.48. The first kappa shape index (κ1) is 20.2. The molecule has 0 bridgehead atoms. The van der Waals surface area contributed by atoms with Gasteiger partial charge in [-0.3, -0.25) is 4.98 Å². The second-order valence-electron chi connectivity index (χ2n) is 8.61. The number of halogens is 1. The fourth-order valence-corrected chi connectivity index (χ4v) is 5.31. The zero-order valence-corrected chi connectivity index (χ0v) is 18.5. The van der Waals surface area contributed by atoms with E-state index < -0.39 is 0 Å². The van der Waals surface area contributed by atoms with Crippen molar-refractivity contribution >= 4 is 23.0 Å². The second-order valence-corrected chi connectivity index (χ2v) is 9.00. The van der Waals surface area contributed by atoms with Gasteiger partial charge in [0.25, 0.3) is 0 Å². The number of aromatic nitrogens is 2. The number of benzene rings is 1. The molecule has 0 radical (unpaired) electrons. The number of nitrogens with zero attached hydrogens (tertiary/aromatic N) is 3. The molecule has 0 spiro atoms. The van der Waals surface area contributed by atoms with Crippen molar-refractivity contribution in [2.45, 2.75) is 57.2 Å². The van der Waals surface area contributed by atoms with E-state index in [1.807, 2.05) is 36.5 Å². The molecule has 0 amide bonds. The van der Waals surface area contributed by atoms with E-state index in [9.17, 15) is 4.39 Å². The summed E-state index contributed by atoms with van der Waals surface area (Å²) in [6, 6.07) is 13.8. The largest absolute Gasteiger partial charge is 0.351 e. The van der Waals surface area contributed by atoms with Crippen LogP contribution in [-0.2, 0) is 0 Å². The van der Waals surface area contributed by atoms with E-state index in [1.165, 1.54) is 43.7 Å². The van der Waals surface area contributed by atoms with Crippen LogP contribution in [0, 0.1) is 12.7 Å². The van der Waals surface area contributed by atoms with Gasteiger partial charge in [-0.15, -0.1) is 0 Å². The first-order chi connectivity index (χ1) is 15.1. The maximum absolute atomic E-state index is 14.0. The lowest BCUT2D eigenvalue weighted by atomic mass is 9.95. The molecule has 2 atom stereocenters. The number of hydrogen-bond acceptors (Lipinski definition) is 2. The van der Waals surface area contributed by atoms with Crippen molar-refractivity contribution in [1.82, 2.24) is 14.9 Å². The molecule has 1 N–H and O–H groups in total. The molecule has 5 rings (SSSR count). The number of hydrogen-bond donors (Lipinski definition) is 1. The van der Waals surface area contributed by atoms with Crippen molar-refractivity contribution in [2.75, 3.05) is 4.90 Å². The van der Waals surface area contributed by atoms with Gasteiger partial charge in [-0.05, 0) is 79.5 Å². The molecule has 1 saturated heterocycles. The van der Waals surface area contributed by atoms with E-state index >= 15 is 0 Å². The molecule has 1 aliphatic heterocycles. The first-order valence-electron chi connectivity index (χ1n) is 11.1. The van der Waals surface area contributed by atoms with Gasteiger partial charge in [-0.2, -0.15) is 0 Å². The Morgan fingerprint density at radius 2 is 1.94 bits per heavy atom. The Bertz CT molecular complexity index is 1070. The first-order valence-corrected chi connectivity index (χ1v) is 11.5. The van der Waals surface area contributed by atoms with Gasteiger partial charge in [0.2, 0.25) is 0 Å². The lowest BCUT2D eigenvalue weighted by molar-refractivity contribution is 0.353. The van der Waals surface area contributed by atoms with Gasteiger partial charge in [-0.25, -0.2) is 4.39 Å². The SMILES string of the molecule is Cc1cc(N2C(=S)N[C@@H](c3ccccn3)[C@@H]2c2ccn(C3CCCCC3)c2)ccc1F. The van der Waals surface area contributed by atoms with Crippen molar-refractivity contribution in [2.24, 2.45) is 0 Å². The quantitative estimate of drug-likeness (QED) is 0.510. The van der Waals surface area contributed by atoms with Crippen LogP contribution in [0.5, 0.6) is 0 Å². The Morgan fingerprint density at radius 3 is 2.68 bits per heavy atom. The summed E-state index contributed by atoms with van der Waals surface area (Å²) in [5.41, 5.74) is 3.64. The lowest BCUT2D eigenvalue weighted by Crippen LogP contribution is -2.29. The van der Waals surface area contributed by atoms with Crippen LogP contribution in [0.4, 0.5) is 10.1 Å². The summed E-state index contributed by atoms with van der Waals surface area (Å²) in [5, 5.41) is 4.12. The van der Waals surface area contributed by atoms with Crippen LogP contribution in [0.25, 0.3) is 0 Å². The lowest BCUT2D eigenvalue weighted by Gasteiger charge is -2.28. The number of thiocarbonyl (C=S) groups is 1. The van der Waals surface area contributed by atoms with Crippen LogP contribution in [0.15, 0.2) is 61.1 Å². The van der Waals surface area contributed by atoms with Gasteiger partial charge in [-0.1, -0.05) is 25.3 Å². The molecule has 4 nitrogen and oxygen atoms in total. The minimum absolute atomic E-state index is 0.0582. The van der Waals surface area contributed by atoms with Crippen molar-refractivity contribution in [3.63, 3.8) is 0 Å². The van der Waals surface area contributed by atoms with E-state index in [0.717, 1.165) is 11.4 Å². The number of rotatable bonds is 4. The van der Waals surface area contributed by atoms with Crippen molar-refractivity contribution in [3.8, 4) is 0 Å². The van der Waals surface area contributed by atoms with E-state index in [0.29, 0.717) is 16.7 Å². The molecule has 160 valence electrons. The summed E-state index contributed by atoms with van der Waals surface area (Å²) in [6.07, 6.45) is 12.7. The smallest absolute Gasteiger partial charge is 0.174 e. The van der Waals surface area contributed by atoms with E-state index in [1.54, 1.807) is 6.92 Å². The highest BCUT2D eigenvalue weighted by molar-refractivity contribution is 7.80. The average Bonchev–Trinajstić information content (AvgIpc) is 3.41. The van der Waals surface area contributed by atoms with Gasteiger partial charge in [0, 0.05) is 30.3 Å². The number of pyridine rings is 1. The number of nitrogens with one attached hydrogen (secondary N) is 1. The topological polar surface area (TPSA) is 33.1 Å². The summed E-state index contributed by atoms with van der Waals surface area (Å²) in [5.74, 6) is -0.205. The van der Waals surface area contributed by atoms with Gasteiger partial charge < -0.3 is 14.8 Å². The maximum atomic E-state index is 14.0. The summed E-state index contributed by atoms with van der Waals surface area (Å²) in [7, 11) is 0. The highest BCUT2D eigenvalue weighted by Crippen LogP contribution is 2.42. The zero-order chi connectivity index (χ0) is 21.4. The molecule has 0 unspecified atom stereocenters. The van der Waals surface area contributed by atoms with Crippen molar-refractivity contribution in [1.29, 1.82) is 0 Å². The number of anilines is 1. The van der Waals surface area contributed by atoms with Crippen LogP contribution < -0.4 is 10.2 Å². The molecule has 2 fully saturated rings. The standard InChI is InChI=1S/C25H27FN4S/c1-17-15-20(10-11-21(17)26)30-24(23(28-25(30)31)22-9-5-6-13-27-22)18-12-14-29(16-18)19-7-3-2-4-8-19/h5-6,9-16,19,23-24H,2-4,7-8H2,1H3,(H,28,31)/t23-,24-/m0/s1. The minimum Gasteiger partial charge on any atom is -0.351 e. The van der Waals surface area contributed by atoms with Crippen LogP contribution in [0.3, 0.4) is 0 Å². The number of aryl methyl sites for hydroxylation is 1. The summed E-state index contributed by atoms with van der Waals surface area (Å²) >= 11 is 5.77. The molecule has 3 heterocycles. The van der Waals surface area contributed by atoms with Crippen LogP contribution >= 0.6 is 12.2 Å². The summed E-state index contributed by atoms with van der Waals surface area (Å²) < 4.78 is 16.3. The van der Waals surface area contributed by atoms with Crippen LogP contribution in [0.1, 0.15) is 67.1 Å². The van der Waals surface area contributed by atoms with Gasteiger partial charge >= 0.3 is 0 Å². The third-order valence-corrected chi connectivity index (χ3v) is 6.91.